The van der Waals surface area contributed by atoms with E-state index in [9.17, 15) is 13.2 Å². The van der Waals surface area contributed by atoms with E-state index in [2.05, 4.69) is 19.2 Å². The monoisotopic (exact) mass is 340 g/mol. The Bertz CT molecular complexity index is 633. The van der Waals surface area contributed by atoms with Crippen molar-refractivity contribution in [2.24, 2.45) is 0 Å². The van der Waals surface area contributed by atoms with Crippen molar-refractivity contribution in [3.05, 3.63) is 24.3 Å². The van der Waals surface area contributed by atoms with Gasteiger partial charge in [0.25, 0.3) is 0 Å². The highest BCUT2D eigenvalue weighted by atomic mass is 32.2. The molecule has 1 fully saturated rings. The highest BCUT2D eigenvalue weighted by molar-refractivity contribution is 7.90. The SMILES string of the molecule is C[C@H]1CN(C(=O)CCOc2ccc(S(C)(=O)=O)cc2)C[C@H](C)N1. The molecule has 1 amide bonds. The molecular formula is C16H24N2O4S. The van der Waals surface area contributed by atoms with Gasteiger partial charge in [-0.3, -0.25) is 4.79 Å². The van der Waals surface area contributed by atoms with Crippen LogP contribution in [0.4, 0.5) is 0 Å². The van der Waals surface area contributed by atoms with Gasteiger partial charge in [-0.1, -0.05) is 0 Å². The molecule has 1 aliphatic heterocycles. The molecule has 23 heavy (non-hydrogen) atoms. The van der Waals surface area contributed by atoms with Gasteiger partial charge in [0.05, 0.1) is 17.9 Å². The second kappa shape index (κ2) is 7.31. The van der Waals surface area contributed by atoms with E-state index in [1.807, 2.05) is 4.90 Å². The molecule has 0 bridgehead atoms. The Morgan fingerprint density at radius 2 is 1.78 bits per heavy atom. The molecule has 6 nitrogen and oxygen atoms in total. The zero-order valence-corrected chi connectivity index (χ0v) is 14.6. The molecule has 7 heteroatoms. The maximum Gasteiger partial charge on any atom is 0.226 e. The van der Waals surface area contributed by atoms with Gasteiger partial charge in [-0.2, -0.15) is 0 Å². The van der Waals surface area contributed by atoms with Crippen LogP contribution in [0.15, 0.2) is 29.2 Å². The fourth-order valence-corrected chi connectivity index (χ4v) is 3.36. The number of benzene rings is 1. The average molecular weight is 340 g/mol. The Morgan fingerprint density at radius 1 is 1.22 bits per heavy atom. The Kier molecular flexibility index (Phi) is 5.64. The van der Waals surface area contributed by atoms with Crippen molar-refractivity contribution in [3.63, 3.8) is 0 Å². The zero-order valence-electron chi connectivity index (χ0n) is 13.8. The Morgan fingerprint density at radius 3 is 2.30 bits per heavy atom. The molecule has 2 atom stereocenters. The first-order valence-corrected chi connectivity index (χ1v) is 9.61. The van der Waals surface area contributed by atoms with Crippen LogP contribution in [0.5, 0.6) is 5.75 Å². The van der Waals surface area contributed by atoms with Crippen LogP contribution in [0.1, 0.15) is 20.3 Å². The van der Waals surface area contributed by atoms with Crippen molar-refractivity contribution < 1.29 is 17.9 Å². The fraction of sp³-hybridized carbons (Fsp3) is 0.562. The van der Waals surface area contributed by atoms with Crippen LogP contribution in [0.2, 0.25) is 0 Å². The topological polar surface area (TPSA) is 75.7 Å². The number of piperazine rings is 1. The van der Waals surface area contributed by atoms with E-state index in [0.29, 0.717) is 37.3 Å². The first kappa shape index (κ1) is 17.7. The van der Waals surface area contributed by atoms with E-state index in [-0.39, 0.29) is 17.4 Å². The summed E-state index contributed by atoms with van der Waals surface area (Å²) in [5.74, 6) is 0.644. The molecule has 0 radical (unpaired) electrons. The highest BCUT2D eigenvalue weighted by Crippen LogP contribution is 2.16. The third-order valence-corrected chi connectivity index (χ3v) is 4.88. The summed E-state index contributed by atoms with van der Waals surface area (Å²) >= 11 is 0. The lowest BCUT2D eigenvalue weighted by Gasteiger charge is -2.36. The third kappa shape index (κ3) is 5.21. The van der Waals surface area contributed by atoms with Crippen LogP contribution in [-0.4, -0.2) is 57.3 Å². The van der Waals surface area contributed by atoms with Crippen LogP contribution in [0.25, 0.3) is 0 Å². The van der Waals surface area contributed by atoms with E-state index < -0.39 is 9.84 Å². The van der Waals surface area contributed by atoms with Crippen LogP contribution in [0.3, 0.4) is 0 Å². The van der Waals surface area contributed by atoms with Gasteiger partial charge in [-0.15, -0.1) is 0 Å². The molecule has 0 unspecified atom stereocenters. The summed E-state index contributed by atoms with van der Waals surface area (Å²) in [7, 11) is -3.20. The normalized spacial score (nSPS) is 22.0. The van der Waals surface area contributed by atoms with Crippen molar-refractivity contribution in [2.75, 3.05) is 26.0 Å². The Labute approximate surface area is 137 Å². The van der Waals surface area contributed by atoms with Gasteiger partial charge in [0.1, 0.15) is 5.75 Å². The second-order valence-corrected chi connectivity index (χ2v) is 8.13. The Hall–Kier alpha value is -1.60. The maximum atomic E-state index is 12.2. The Balaban J connectivity index is 1.81. The van der Waals surface area contributed by atoms with Crippen molar-refractivity contribution in [3.8, 4) is 5.75 Å². The van der Waals surface area contributed by atoms with E-state index in [1.165, 1.54) is 12.1 Å². The van der Waals surface area contributed by atoms with Gasteiger partial charge in [0.2, 0.25) is 5.91 Å². The van der Waals surface area contributed by atoms with Crippen molar-refractivity contribution >= 4 is 15.7 Å². The van der Waals surface area contributed by atoms with E-state index in [0.717, 1.165) is 6.26 Å². The molecule has 1 aromatic carbocycles. The number of ether oxygens (including phenoxy) is 1. The lowest BCUT2D eigenvalue weighted by Crippen LogP contribution is -2.56. The third-order valence-electron chi connectivity index (χ3n) is 3.75. The summed E-state index contributed by atoms with van der Waals surface area (Å²) in [6.07, 6.45) is 1.48. The van der Waals surface area contributed by atoms with E-state index >= 15 is 0 Å². The summed E-state index contributed by atoms with van der Waals surface area (Å²) in [6.45, 7) is 5.84. The predicted octanol–water partition coefficient (Wildman–Crippen LogP) is 1.07. The largest absolute Gasteiger partial charge is 0.493 e. The minimum absolute atomic E-state index is 0.0814. The molecule has 1 heterocycles. The fourth-order valence-electron chi connectivity index (χ4n) is 2.73. The first-order valence-electron chi connectivity index (χ1n) is 7.72. The molecule has 2 rings (SSSR count). The quantitative estimate of drug-likeness (QED) is 0.868. The number of nitrogens with zero attached hydrogens (tertiary/aromatic N) is 1. The lowest BCUT2D eigenvalue weighted by atomic mass is 10.1. The molecule has 1 N–H and O–H groups in total. The van der Waals surface area contributed by atoms with E-state index in [4.69, 9.17) is 4.74 Å². The molecule has 0 aliphatic carbocycles. The van der Waals surface area contributed by atoms with Crippen molar-refractivity contribution in [2.45, 2.75) is 37.2 Å². The summed E-state index contributed by atoms with van der Waals surface area (Å²) in [5.41, 5.74) is 0. The molecule has 128 valence electrons. The molecule has 1 aromatic rings. The van der Waals surface area contributed by atoms with Gasteiger partial charge < -0.3 is 15.0 Å². The smallest absolute Gasteiger partial charge is 0.226 e. The molecule has 0 spiro atoms. The summed E-state index contributed by atoms with van der Waals surface area (Å²) in [6, 6.07) is 6.82. The molecule has 0 aromatic heterocycles. The number of carbonyl (C=O) groups is 1. The van der Waals surface area contributed by atoms with E-state index in [1.54, 1.807) is 12.1 Å². The minimum Gasteiger partial charge on any atom is -0.493 e. The number of rotatable bonds is 5. The van der Waals surface area contributed by atoms with Crippen LogP contribution in [-0.2, 0) is 14.6 Å². The maximum absolute atomic E-state index is 12.2. The molecule has 1 aliphatic rings. The summed E-state index contributed by atoms with van der Waals surface area (Å²) in [5, 5.41) is 3.39. The van der Waals surface area contributed by atoms with Gasteiger partial charge in [0.15, 0.2) is 9.84 Å². The van der Waals surface area contributed by atoms with Crippen LogP contribution < -0.4 is 10.1 Å². The zero-order chi connectivity index (χ0) is 17.0. The lowest BCUT2D eigenvalue weighted by molar-refractivity contribution is -0.133. The van der Waals surface area contributed by atoms with Gasteiger partial charge >= 0.3 is 0 Å². The predicted molar refractivity (Wildman–Crippen MR) is 88.3 cm³/mol. The molecule has 0 saturated carbocycles. The van der Waals surface area contributed by atoms with Crippen LogP contribution in [0, 0.1) is 0 Å². The minimum atomic E-state index is -3.20. The highest BCUT2D eigenvalue weighted by Gasteiger charge is 2.24. The summed E-state index contributed by atoms with van der Waals surface area (Å²) in [4.78, 5) is 14.3. The summed E-state index contributed by atoms with van der Waals surface area (Å²) < 4.78 is 28.3. The number of hydrogen-bond donors (Lipinski definition) is 1. The first-order chi connectivity index (χ1) is 10.8. The van der Waals surface area contributed by atoms with Crippen molar-refractivity contribution in [1.29, 1.82) is 0 Å². The second-order valence-electron chi connectivity index (χ2n) is 6.11. The number of hydrogen-bond acceptors (Lipinski definition) is 5. The number of nitrogens with one attached hydrogen (secondary N) is 1. The van der Waals surface area contributed by atoms with Crippen LogP contribution >= 0.6 is 0 Å². The van der Waals surface area contributed by atoms with Crippen molar-refractivity contribution in [1.82, 2.24) is 10.2 Å². The number of sulfone groups is 1. The van der Waals surface area contributed by atoms with Gasteiger partial charge in [0, 0.05) is 31.4 Å². The number of amides is 1. The van der Waals surface area contributed by atoms with Gasteiger partial charge in [-0.25, -0.2) is 8.42 Å². The molecular weight excluding hydrogens is 316 g/mol. The van der Waals surface area contributed by atoms with Gasteiger partial charge in [-0.05, 0) is 38.1 Å². The average Bonchev–Trinajstić information content (AvgIpc) is 2.45. The molecule has 1 saturated heterocycles. The number of carbonyl (C=O) groups excluding carboxylic acids is 1. The standard InChI is InChI=1S/C16H24N2O4S/c1-12-10-18(11-13(2)17-12)16(19)8-9-22-14-4-6-15(7-5-14)23(3,20)21/h4-7,12-13,17H,8-11H2,1-3H3/t12-,13-/m0/s1.